The number of carbonyl (C=O) groups excluding carboxylic acids is 2. The van der Waals surface area contributed by atoms with E-state index >= 15 is 0 Å². The van der Waals surface area contributed by atoms with E-state index in [1.807, 2.05) is 0 Å². The summed E-state index contributed by atoms with van der Waals surface area (Å²) in [6, 6.07) is 11.5. The molecule has 0 bridgehead atoms. The highest BCUT2D eigenvalue weighted by Gasteiger charge is 2.29. The van der Waals surface area contributed by atoms with Crippen molar-refractivity contribution in [2.75, 3.05) is 20.8 Å². The van der Waals surface area contributed by atoms with Gasteiger partial charge in [-0.05, 0) is 13.0 Å². The predicted molar refractivity (Wildman–Crippen MR) is 96.0 cm³/mol. The number of esters is 1. The molecule has 0 aliphatic carbocycles. The monoisotopic (exact) mass is 358 g/mol. The van der Waals surface area contributed by atoms with Gasteiger partial charge in [0.15, 0.2) is 17.3 Å². The minimum Gasteiger partial charge on any atom is -0.507 e. The summed E-state index contributed by atoms with van der Waals surface area (Å²) in [5.74, 6) is -1.26. The molecular formula is C20H22O6. The van der Waals surface area contributed by atoms with Crippen LogP contribution in [-0.2, 0) is 9.53 Å². The molecular weight excluding hydrogens is 336 g/mol. The Kier molecular flexibility index (Phi) is 6.60. The van der Waals surface area contributed by atoms with E-state index in [0.717, 1.165) is 0 Å². The number of phenols is 1. The number of methoxy groups -OCH3 is 2. The number of carbonyl (C=O) groups is 2. The van der Waals surface area contributed by atoms with Crippen molar-refractivity contribution >= 4 is 11.8 Å². The van der Waals surface area contributed by atoms with Crippen molar-refractivity contribution in [2.24, 2.45) is 0 Å². The van der Waals surface area contributed by atoms with Gasteiger partial charge in [-0.3, -0.25) is 9.59 Å². The summed E-state index contributed by atoms with van der Waals surface area (Å²) < 4.78 is 15.5. The molecule has 26 heavy (non-hydrogen) atoms. The van der Waals surface area contributed by atoms with Crippen molar-refractivity contribution in [1.82, 2.24) is 0 Å². The molecule has 0 heterocycles. The third-order valence-electron chi connectivity index (χ3n) is 3.96. The van der Waals surface area contributed by atoms with Gasteiger partial charge in [-0.1, -0.05) is 30.3 Å². The molecule has 0 amide bonds. The minimum absolute atomic E-state index is 0.133. The fourth-order valence-electron chi connectivity index (χ4n) is 2.65. The maximum atomic E-state index is 12.6. The standard InChI is InChI=1S/C20H22O6/c1-4-26-20(23)15(10-16(21)13-8-6-5-7-9-13)14-11-18(24-2)19(25-3)12-17(14)22/h5-9,11-12,15,22H,4,10H2,1-3H3/t15-/m1/s1. The molecule has 0 radical (unpaired) electrons. The van der Waals surface area contributed by atoms with Crippen molar-refractivity contribution in [1.29, 1.82) is 0 Å². The van der Waals surface area contributed by atoms with Crippen LogP contribution >= 0.6 is 0 Å². The first-order valence-electron chi connectivity index (χ1n) is 8.21. The van der Waals surface area contributed by atoms with E-state index in [1.54, 1.807) is 37.3 Å². The minimum atomic E-state index is -0.956. The van der Waals surface area contributed by atoms with E-state index in [4.69, 9.17) is 14.2 Å². The number of hydrogen-bond donors (Lipinski definition) is 1. The van der Waals surface area contributed by atoms with E-state index in [0.29, 0.717) is 17.1 Å². The predicted octanol–water partition coefficient (Wildman–Crippen LogP) is 3.33. The molecule has 0 aromatic heterocycles. The summed E-state index contributed by atoms with van der Waals surface area (Å²) in [5, 5.41) is 10.4. The number of ether oxygens (including phenoxy) is 3. The Labute approximate surface area is 152 Å². The number of rotatable bonds is 8. The molecule has 6 heteroatoms. The lowest BCUT2D eigenvalue weighted by Crippen LogP contribution is -2.20. The average molecular weight is 358 g/mol. The molecule has 0 spiro atoms. The van der Waals surface area contributed by atoms with Gasteiger partial charge in [0.05, 0.1) is 26.7 Å². The smallest absolute Gasteiger partial charge is 0.314 e. The summed E-state index contributed by atoms with van der Waals surface area (Å²) in [7, 11) is 2.89. The van der Waals surface area contributed by atoms with Gasteiger partial charge >= 0.3 is 5.97 Å². The molecule has 2 rings (SSSR count). The number of phenolic OH excluding ortho intramolecular Hbond substituents is 1. The zero-order valence-electron chi connectivity index (χ0n) is 15.0. The van der Waals surface area contributed by atoms with E-state index in [2.05, 4.69) is 0 Å². The normalized spacial score (nSPS) is 11.5. The molecule has 0 fully saturated rings. The summed E-state index contributed by atoms with van der Waals surface area (Å²) >= 11 is 0. The molecule has 0 saturated heterocycles. The first-order valence-corrected chi connectivity index (χ1v) is 8.21. The molecule has 0 aliphatic heterocycles. The Balaban J connectivity index is 2.42. The Morgan fingerprint density at radius 3 is 2.23 bits per heavy atom. The second-order valence-corrected chi connectivity index (χ2v) is 5.56. The highest BCUT2D eigenvalue weighted by atomic mass is 16.5. The quantitative estimate of drug-likeness (QED) is 0.576. The number of aromatic hydroxyl groups is 1. The van der Waals surface area contributed by atoms with Crippen molar-refractivity contribution < 1.29 is 28.9 Å². The van der Waals surface area contributed by atoms with Crippen LogP contribution in [0.5, 0.6) is 17.2 Å². The number of Topliss-reactive ketones (excluding diaryl/α,β-unsaturated/α-hetero) is 1. The van der Waals surface area contributed by atoms with Gasteiger partial charge in [0, 0.05) is 23.6 Å². The van der Waals surface area contributed by atoms with Crippen LogP contribution in [0.15, 0.2) is 42.5 Å². The highest BCUT2D eigenvalue weighted by Crippen LogP contribution is 2.39. The van der Waals surface area contributed by atoms with Crippen LogP contribution in [0.3, 0.4) is 0 Å². The number of benzene rings is 2. The second kappa shape index (κ2) is 8.89. The topological polar surface area (TPSA) is 82.1 Å². The SMILES string of the molecule is CCOC(=O)[C@H](CC(=O)c1ccccc1)c1cc(OC)c(OC)cc1O. The first-order chi connectivity index (χ1) is 12.5. The second-order valence-electron chi connectivity index (χ2n) is 5.56. The largest absolute Gasteiger partial charge is 0.507 e. The van der Waals surface area contributed by atoms with Gasteiger partial charge in [0.2, 0.25) is 0 Å². The van der Waals surface area contributed by atoms with Crippen LogP contribution in [0.25, 0.3) is 0 Å². The van der Waals surface area contributed by atoms with Crippen LogP contribution < -0.4 is 9.47 Å². The molecule has 2 aromatic carbocycles. The van der Waals surface area contributed by atoms with Crippen LogP contribution in [0, 0.1) is 0 Å². The van der Waals surface area contributed by atoms with Crippen LogP contribution in [0.1, 0.15) is 35.2 Å². The fourth-order valence-corrected chi connectivity index (χ4v) is 2.65. The fraction of sp³-hybridized carbons (Fsp3) is 0.300. The van der Waals surface area contributed by atoms with Gasteiger partial charge in [0.25, 0.3) is 0 Å². The summed E-state index contributed by atoms with van der Waals surface area (Å²) in [6.07, 6.45) is -0.133. The highest BCUT2D eigenvalue weighted by molar-refractivity contribution is 5.99. The van der Waals surface area contributed by atoms with Crippen molar-refractivity contribution in [2.45, 2.75) is 19.3 Å². The van der Waals surface area contributed by atoms with E-state index in [9.17, 15) is 14.7 Å². The molecule has 2 aromatic rings. The maximum Gasteiger partial charge on any atom is 0.314 e. The Morgan fingerprint density at radius 1 is 1.04 bits per heavy atom. The van der Waals surface area contributed by atoms with Gasteiger partial charge in [-0.25, -0.2) is 0 Å². The third-order valence-corrected chi connectivity index (χ3v) is 3.96. The summed E-state index contributed by atoms with van der Waals surface area (Å²) in [4.78, 5) is 25.0. The van der Waals surface area contributed by atoms with E-state index < -0.39 is 11.9 Å². The van der Waals surface area contributed by atoms with Crippen LogP contribution in [0.2, 0.25) is 0 Å². The third kappa shape index (κ3) is 4.33. The van der Waals surface area contributed by atoms with Crippen molar-refractivity contribution in [3.05, 3.63) is 53.6 Å². The van der Waals surface area contributed by atoms with Crippen LogP contribution in [-0.4, -0.2) is 37.7 Å². The molecule has 0 unspecified atom stereocenters. The molecule has 0 aliphatic rings. The Hall–Kier alpha value is -3.02. The van der Waals surface area contributed by atoms with Crippen molar-refractivity contribution in [3.63, 3.8) is 0 Å². The molecule has 138 valence electrons. The van der Waals surface area contributed by atoms with E-state index in [-0.39, 0.29) is 30.1 Å². The zero-order valence-corrected chi connectivity index (χ0v) is 15.0. The molecule has 1 N–H and O–H groups in total. The summed E-state index contributed by atoms with van der Waals surface area (Å²) in [5.41, 5.74) is 0.743. The van der Waals surface area contributed by atoms with Gasteiger partial charge in [-0.15, -0.1) is 0 Å². The van der Waals surface area contributed by atoms with Gasteiger partial charge < -0.3 is 19.3 Å². The van der Waals surface area contributed by atoms with Crippen molar-refractivity contribution in [3.8, 4) is 17.2 Å². The van der Waals surface area contributed by atoms with Gasteiger partial charge in [-0.2, -0.15) is 0 Å². The molecule has 1 atom stereocenters. The lowest BCUT2D eigenvalue weighted by atomic mass is 9.90. The lowest BCUT2D eigenvalue weighted by Gasteiger charge is -2.19. The summed E-state index contributed by atoms with van der Waals surface area (Å²) in [6.45, 7) is 1.85. The van der Waals surface area contributed by atoms with E-state index in [1.165, 1.54) is 26.4 Å². The maximum absolute atomic E-state index is 12.6. The molecule has 6 nitrogen and oxygen atoms in total. The Morgan fingerprint density at radius 2 is 1.65 bits per heavy atom. The number of hydrogen-bond acceptors (Lipinski definition) is 6. The average Bonchev–Trinajstić information content (AvgIpc) is 2.66. The lowest BCUT2D eigenvalue weighted by molar-refractivity contribution is -0.145. The van der Waals surface area contributed by atoms with Crippen LogP contribution in [0.4, 0.5) is 0 Å². The number of ketones is 1. The molecule has 0 saturated carbocycles. The first kappa shape index (κ1) is 19.3. The zero-order chi connectivity index (χ0) is 19.1. The Bertz CT molecular complexity index is 769. The van der Waals surface area contributed by atoms with Gasteiger partial charge in [0.1, 0.15) is 5.75 Å².